The Hall–Kier alpha value is -0.810. The zero-order valence-corrected chi connectivity index (χ0v) is 9.25. The molecule has 0 amide bonds. The SMILES string of the molecule is COCCCN=C(N)NC(C)COC. The van der Waals surface area contributed by atoms with Crippen LogP contribution in [0.4, 0.5) is 0 Å². The maximum Gasteiger partial charge on any atom is 0.188 e. The third-order valence-electron chi connectivity index (χ3n) is 1.60. The lowest BCUT2D eigenvalue weighted by Gasteiger charge is -2.12. The van der Waals surface area contributed by atoms with Gasteiger partial charge in [-0.25, -0.2) is 0 Å². The Morgan fingerprint density at radius 1 is 1.43 bits per heavy atom. The van der Waals surface area contributed by atoms with E-state index in [1.54, 1.807) is 14.2 Å². The molecular formula is C9H21N3O2. The van der Waals surface area contributed by atoms with Crippen LogP contribution in [0.2, 0.25) is 0 Å². The first-order valence-corrected chi connectivity index (χ1v) is 4.75. The molecule has 0 aromatic carbocycles. The van der Waals surface area contributed by atoms with E-state index < -0.39 is 0 Å². The highest BCUT2D eigenvalue weighted by Crippen LogP contribution is 1.84. The van der Waals surface area contributed by atoms with E-state index in [1.807, 2.05) is 6.92 Å². The van der Waals surface area contributed by atoms with E-state index in [-0.39, 0.29) is 6.04 Å². The predicted molar refractivity (Wildman–Crippen MR) is 57.5 cm³/mol. The van der Waals surface area contributed by atoms with Crippen LogP contribution in [0.25, 0.3) is 0 Å². The van der Waals surface area contributed by atoms with E-state index in [1.165, 1.54) is 0 Å². The van der Waals surface area contributed by atoms with Crippen LogP contribution in [0, 0.1) is 0 Å². The molecule has 0 aromatic rings. The monoisotopic (exact) mass is 203 g/mol. The Kier molecular flexibility index (Phi) is 8.27. The molecule has 0 bridgehead atoms. The summed E-state index contributed by atoms with van der Waals surface area (Å²) in [4.78, 5) is 4.13. The van der Waals surface area contributed by atoms with Crippen LogP contribution >= 0.6 is 0 Å². The molecule has 0 saturated heterocycles. The number of nitrogens with one attached hydrogen (secondary N) is 1. The van der Waals surface area contributed by atoms with Crippen molar-refractivity contribution >= 4 is 5.96 Å². The van der Waals surface area contributed by atoms with Crippen LogP contribution in [-0.4, -0.2) is 46.0 Å². The molecule has 14 heavy (non-hydrogen) atoms. The number of hydrogen-bond donors (Lipinski definition) is 2. The van der Waals surface area contributed by atoms with E-state index in [2.05, 4.69) is 10.3 Å². The zero-order valence-electron chi connectivity index (χ0n) is 9.25. The first-order valence-electron chi connectivity index (χ1n) is 4.75. The second-order valence-corrected chi connectivity index (χ2v) is 3.11. The van der Waals surface area contributed by atoms with E-state index in [0.29, 0.717) is 25.7 Å². The summed E-state index contributed by atoms with van der Waals surface area (Å²) in [7, 11) is 3.33. The molecule has 84 valence electrons. The molecule has 0 aromatic heterocycles. The standard InChI is InChI=1S/C9H21N3O2/c1-8(7-14-3)12-9(10)11-5-4-6-13-2/h8H,4-7H2,1-3H3,(H3,10,11,12). The summed E-state index contributed by atoms with van der Waals surface area (Å²) in [5.41, 5.74) is 5.63. The number of rotatable bonds is 7. The highest BCUT2D eigenvalue weighted by atomic mass is 16.5. The normalized spacial score (nSPS) is 14.1. The van der Waals surface area contributed by atoms with E-state index >= 15 is 0 Å². The molecule has 5 nitrogen and oxygen atoms in total. The molecule has 3 N–H and O–H groups in total. The molecule has 0 fully saturated rings. The fourth-order valence-electron chi connectivity index (χ4n) is 0.998. The molecule has 1 atom stereocenters. The van der Waals surface area contributed by atoms with Crippen molar-refractivity contribution in [1.82, 2.24) is 5.32 Å². The molecule has 0 spiro atoms. The van der Waals surface area contributed by atoms with Gasteiger partial charge in [-0.05, 0) is 13.3 Å². The van der Waals surface area contributed by atoms with Gasteiger partial charge in [0.05, 0.1) is 6.61 Å². The molecule has 5 heteroatoms. The lowest BCUT2D eigenvalue weighted by molar-refractivity contribution is 0.179. The van der Waals surface area contributed by atoms with Crippen molar-refractivity contribution in [1.29, 1.82) is 0 Å². The molecule has 0 aliphatic carbocycles. The summed E-state index contributed by atoms with van der Waals surface area (Å²) >= 11 is 0. The lowest BCUT2D eigenvalue weighted by Crippen LogP contribution is -2.40. The quantitative estimate of drug-likeness (QED) is 0.346. The molecule has 0 rings (SSSR count). The number of nitrogens with two attached hydrogens (primary N) is 1. The molecule has 0 aliphatic rings. The molecule has 0 heterocycles. The van der Waals surface area contributed by atoms with Gasteiger partial charge in [0.15, 0.2) is 5.96 Å². The van der Waals surface area contributed by atoms with Crippen molar-refractivity contribution in [3.05, 3.63) is 0 Å². The van der Waals surface area contributed by atoms with Crippen molar-refractivity contribution in [2.75, 3.05) is 34.0 Å². The third-order valence-corrected chi connectivity index (χ3v) is 1.60. The predicted octanol–water partition coefficient (Wildman–Crippen LogP) is -0.0379. The number of nitrogens with zero attached hydrogens (tertiary/aromatic N) is 1. The maximum absolute atomic E-state index is 5.63. The van der Waals surface area contributed by atoms with Gasteiger partial charge in [-0.3, -0.25) is 4.99 Å². The molecule has 1 unspecified atom stereocenters. The lowest BCUT2D eigenvalue weighted by atomic mass is 10.4. The Labute approximate surface area is 85.7 Å². The minimum atomic E-state index is 0.186. The van der Waals surface area contributed by atoms with Crippen molar-refractivity contribution in [3.63, 3.8) is 0 Å². The van der Waals surface area contributed by atoms with Gasteiger partial charge in [-0.1, -0.05) is 0 Å². The Morgan fingerprint density at radius 3 is 2.71 bits per heavy atom. The van der Waals surface area contributed by atoms with Gasteiger partial charge in [0.1, 0.15) is 0 Å². The first kappa shape index (κ1) is 13.2. The zero-order chi connectivity index (χ0) is 10.8. The number of guanidine groups is 1. The van der Waals surface area contributed by atoms with Gasteiger partial charge in [-0.15, -0.1) is 0 Å². The van der Waals surface area contributed by atoms with Gasteiger partial charge < -0.3 is 20.5 Å². The van der Waals surface area contributed by atoms with Gasteiger partial charge in [-0.2, -0.15) is 0 Å². The highest BCUT2D eigenvalue weighted by molar-refractivity contribution is 5.78. The van der Waals surface area contributed by atoms with E-state index in [9.17, 15) is 0 Å². The maximum atomic E-state index is 5.63. The van der Waals surface area contributed by atoms with Crippen molar-refractivity contribution in [2.24, 2.45) is 10.7 Å². The second kappa shape index (κ2) is 8.77. The van der Waals surface area contributed by atoms with Crippen LogP contribution in [0.15, 0.2) is 4.99 Å². The number of ether oxygens (including phenoxy) is 2. The summed E-state index contributed by atoms with van der Waals surface area (Å²) in [5, 5.41) is 3.02. The summed E-state index contributed by atoms with van der Waals surface area (Å²) in [5.74, 6) is 0.464. The fourth-order valence-corrected chi connectivity index (χ4v) is 0.998. The minimum absolute atomic E-state index is 0.186. The topological polar surface area (TPSA) is 68.9 Å². The molecule has 0 aliphatic heterocycles. The van der Waals surface area contributed by atoms with E-state index in [0.717, 1.165) is 6.42 Å². The van der Waals surface area contributed by atoms with Crippen molar-refractivity contribution < 1.29 is 9.47 Å². The number of methoxy groups -OCH3 is 2. The summed E-state index contributed by atoms with van der Waals surface area (Å²) in [6.45, 7) is 4.01. The van der Waals surface area contributed by atoms with Gasteiger partial charge >= 0.3 is 0 Å². The largest absolute Gasteiger partial charge is 0.385 e. The average Bonchev–Trinajstić information content (AvgIpc) is 2.13. The molecule has 0 saturated carbocycles. The number of hydrogen-bond acceptors (Lipinski definition) is 3. The van der Waals surface area contributed by atoms with Gasteiger partial charge in [0.25, 0.3) is 0 Å². The Bertz CT molecular complexity index is 162. The van der Waals surface area contributed by atoms with Crippen LogP contribution in [-0.2, 0) is 9.47 Å². The molecule has 0 radical (unpaired) electrons. The average molecular weight is 203 g/mol. The highest BCUT2D eigenvalue weighted by Gasteiger charge is 2.00. The molecular weight excluding hydrogens is 182 g/mol. The second-order valence-electron chi connectivity index (χ2n) is 3.11. The minimum Gasteiger partial charge on any atom is -0.385 e. The van der Waals surface area contributed by atoms with Crippen molar-refractivity contribution in [3.8, 4) is 0 Å². The van der Waals surface area contributed by atoms with Crippen molar-refractivity contribution in [2.45, 2.75) is 19.4 Å². The number of aliphatic imine (C=N–C) groups is 1. The summed E-state index contributed by atoms with van der Waals surface area (Å²) in [6, 6.07) is 0.186. The Balaban J connectivity index is 3.55. The third kappa shape index (κ3) is 7.82. The van der Waals surface area contributed by atoms with Crippen LogP contribution in [0.3, 0.4) is 0 Å². The summed E-state index contributed by atoms with van der Waals surface area (Å²) in [6.07, 6.45) is 0.886. The van der Waals surface area contributed by atoms with Gasteiger partial charge in [0.2, 0.25) is 0 Å². The van der Waals surface area contributed by atoms with Crippen LogP contribution < -0.4 is 11.1 Å². The van der Waals surface area contributed by atoms with Crippen LogP contribution in [0.5, 0.6) is 0 Å². The Morgan fingerprint density at radius 2 is 2.14 bits per heavy atom. The van der Waals surface area contributed by atoms with Gasteiger partial charge in [0, 0.05) is 33.4 Å². The smallest absolute Gasteiger partial charge is 0.188 e. The first-order chi connectivity index (χ1) is 6.70. The summed E-state index contributed by atoms with van der Waals surface area (Å²) < 4.78 is 9.85. The van der Waals surface area contributed by atoms with E-state index in [4.69, 9.17) is 15.2 Å². The van der Waals surface area contributed by atoms with Crippen LogP contribution in [0.1, 0.15) is 13.3 Å². The fraction of sp³-hybridized carbons (Fsp3) is 0.889.